The van der Waals surface area contributed by atoms with Crippen molar-refractivity contribution in [2.75, 3.05) is 11.9 Å². The SMILES string of the molecule is CCOC(=O)c1cc2c(Nc3ccc(CC(=O)C4(C(=O)Cc5ccc(F)cc5)CC4)cc3)ccnc2[nH]1. The Kier molecular flexibility index (Phi) is 6.56. The highest BCUT2D eigenvalue weighted by molar-refractivity contribution is 6.11. The summed E-state index contributed by atoms with van der Waals surface area (Å²) in [4.78, 5) is 45.3. The summed E-state index contributed by atoms with van der Waals surface area (Å²) in [7, 11) is 0. The van der Waals surface area contributed by atoms with Crippen LogP contribution in [0.4, 0.5) is 15.8 Å². The molecule has 0 spiro atoms. The van der Waals surface area contributed by atoms with Crippen LogP contribution in [0.25, 0.3) is 11.0 Å². The predicted molar refractivity (Wildman–Crippen MR) is 137 cm³/mol. The molecule has 0 unspecified atom stereocenters. The van der Waals surface area contributed by atoms with E-state index in [9.17, 15) is 18.8 Å². The van der Waals surface area contributed by atoms with Crippen LogP contribution in [0.15, 0.2) is 66.9 Å². The number of benzene rings is 2. The van der Waals surface area contributed by atoms with Gasteiger partial charge >= 0.3 is 5.97 Å². The van der Waals surface area contributed by atoms with Gasteiger partial charge in [-0.2, -0.15) is 0 Å². The molecule has 5 rings (SSSR count). The maximum absolute atomic E-state index is 13.2. The summed E-state index contributed by atoms with van der Waals surface area (Å²) in [5, 5.41) is 4.08. The average Bonchev–Trinajstić information content (AvgIpc) is 3.59. The predicted octanol–water partition coefficient (Wildman–Crippen LogP) is 5.33. The lowest BCUT2D eigenvalue weighted by Gasteiger charge is -2.14. The summed E-state index contributed by atoms with van der Waals surface area (Å²) in [6, 6.07) is 16.8. The molecule has 1 aliphatic carbocycles. The lowest BCUT2D eigenvalue weighted by molar-refractivity contribution is -0.133. The normalized spacial score (nSPS) is 13.8. The van der Waals surface area contributed by atoms with E-state index in [4.69, 9.17) is 4.74 Å². The summed E-state index contributed by atoms with van der Waals surface area (Å²) in [5.41, 5.74) is 3.08. The number of hydrogen-bond acceptors (Lipinski definition) is 6. The summed E-state index contributed by atoms with van der Waals surface area (Å²) in [5.74, 6) is -0.966. The number of Topliss-reactive ketones (excluding diaryl/α,β-unsaturated/α-hetero) is 2. The zero-order chi connectivity index (χ0) is 26.0. The zero-order valence-corrected chi connectivity index (χ0v) is 20.3. The van der Waals surface area contributed by atoms with Gasteiger partial charge in [-0.05, 0) is 67.3 Å². The molecule has 188 valence electrons. The van der Waals surface area contributed by atoms with Gasteiger partial charge in [0.1, 0.15) is 17.2 Å². The molecule has 2 heterocycles. The van der Waals surface area contributed by atoms with Crippen LogP contribution in [0.2, 0.25) is 0 Å². The standard InChI is InChI=1S/C29H26FN3O4/c1-2-37-28(36)24-17-22-23(11-14-31-27(22)33-24)32-21-9-5-19(6-10-21)16-26(35)29(12-13-29)25(34)15-18-3-7-20(30)8-4-18/h3-11,14,17H,2,12-13,15-16H2,1H3,(H2,31,32,33). The molecule has 1 aliphatic rings. The van der Waals surface area contributed by atoms with Crippen molar-refractivity contribution >= 4 is 39.9 Å². The van der Waals surface area contributed by atoms with E-state index < -0.39 is 11.4 Å². The van der Waals surface area contributed by atoms with Crippen molar-refractivity contribution in [3.63, 3.8) is 0 Å². The van der Waals surface area contributed by atoms with Gasteiger partial charge < -0.3 is 15.0 Å². The molecule has 0 amide bonds. The first kappa shape index (κ1) is 24.4. The molecule has 0 radical (unpaired) electrons. The van der Waals surface area contributed by atoms with Crippen molar-refractivity contribution in [3.8, 4) is 0 Å². The molecule has 0 aliphatic heterocycles. The van der Waals surface area contributed by atoms with Crippen LogP contribution in [0.5, 0.6) is 0 Å². The fourth-order valence-corrected chi connectivity index (χ4v) is 4.47. The summed E-state index contributed by atoms with van der Waals surface area (Å²) in [6.07, 6.45) is 3.07. The first-order valence-corrected chi connectivity index (χ1v) is 12.2. The smallest absolute Gasteiger partial charge is 0.354 e. The van der Waals surface area contributed by atoms with Gasteiger partial charge in [0.2, 0.25) is 0 Å². The minimum Gasteiger partial charge on any atom is -0.461 e. The summed E-state index contributed by atoms with van der Waals surface area (Å²) < 4.78 is 18.2. The number of halogens is 1. The fourth-order valence-electron chi connectivity index (χ4n) is 4.47. The van der Waals surface area contributed by atoms with E-state index >= 15 is 0 Å². The molecular formula is C29H26FN3O4. The largest absolute Gasteiger partial charge is 0.461 e. The number of carbonyl (C=O) groups is 3. The highest BCUT2D eigenvalue weighted by atomic mass is 19.1. The number of aromatic amines is 1. The first-order chi connectivity index (χ1) is 17.9. The van der Waals surface area contributed by atoms with Crippen LogP contribution < -0.4 is 5.32 Å². The van der Waals surface area contributed by atoms with Gasteiger partial charge in [-0.25, -0.2) is 14.2 Å². The number of hydrogen-bond donors (Lipinski definition) is 2. The van der Waals surface area contributed by atoms with E-state index in [-0.39, 0.29) is 36.8 Å². The van der Waals surface area contributed by atoms with Crippen molar-refractivity contribution in [2.24, 2.45) is 5.41 Å². The van der Waals surface area contributed by atoms with Gasteiger partial charge in [0.15, 0.2) is 11.6 Å². The molecule has 0 saturated heterocycles. The molecule has 7 nitrogen and oxygen atoms in total. The van der Waals surface area contributed by atoms with Crippen molar-refractivity contribution in [3.05, 3.63) is 89.5 Å². The second kappa shape index (κ2) is 9.97. The van der Waals surface area contributed by atoms with Gasteiger partial charge in [0, 0.05) is 30.1 Å². The maximum atomic E-state index is 13.2. The van der Waals surface area contributed by atoms with Crippen molar-refractivity contribution < 1.29 is 23.5 Å². The Hall–Kier alpha value is -4.33. The zero-order valence-electron chi connectivity index (χ0n) is 20.3. The number of nitrogens with one attached hydrogen (secondary N) is 2. The molecule has 0 bridgehead atoms. The lowest BCUT2D eigenvalue weighted by Crippen LogP contribution is -2.28. The second-order valence-corrected chi connectivity index (χ2v) is 9.25. The molecule has 1 saturated carbocycles. The number of fused-ring (bicyclic) bond motifs is 1. The highest BCUT2D eigenvalue weighted by Gasteiger charge is 2.54. The third-order valence-electron chi connectivity index (χ3n) is 6.72. The van der Waals surface area contributed by atoms with Crippen LogP contribution in [0, 0.1) is 11.2 Å². The summed E-state index contributed by atoms with van der Waals surface area (Å²) in [6.45, 7) is 2.03. The van der Waals surface area contributed by atoms with Gasteiger partial charge in [-0.3, -0.25) is 9.59 Å². The Bertz CT molecular complexity index is 1470. The molecule has 8 heteroatoms. The topological polar surface area (TPSA) is 101 Å². The lowest BCUT2D eigenvalue weighted by atomic mass is 9.88. The van der Waals surface area contributed by atoms with Gasteiger partial charge in [-0.15, -0.1) is 0 Å². The van der Waals surface area contributed by atoms with Gasteiger partial charge in [-0.1, -0.05) is 24.3 Å². The number of aromatic nitrogens is 2. The Morgan fingerprint density at radius 3 is 2.19 bits per heavy atom. The number of ether oxygens (including phenoxy) is 1. The number of H-pyrrole nitrogens is 1. The molecular weight excluding hydrogens is 473 g/mol. The molecule has 1 fully saturated rings. The van der Waals surface area contributed by atoms with E-state index in [1.54, 1.807) is 31.3 Å². The van der Waals surface area contributed by atoms with Crippen LogP contribution >= 0.6 is 0 Å². The first-order valence-electron chi connectivity index (χ1n) is 12.2. The molecule has 2 N–H and O–H groups in total. The number of ketones is 2. The molecule has 4 aromatic rings. The number of carbonyl (C=O) groups excluding carboxylic acids is 3. The Morgan fingerprint density at radius 1 is 0.973 bits per heavy atom. The van der Waals surface area contributed by atoms with Crippen LogP contribution in [0.3, 0.4) is 0 Å². The van der Waals surface area contributed by atoms with Crippen molar-refractivity contribution in [1.82, 2.24) is 9.97 Å². The van der Waals surface area contributed by atoms with Gasteiger partial charge in [0.05, 0.1) is 17.7 Å². The molecule has 37 heavy (non-hydrogen) atoms. The van der Waals surface area contributed by atoms with Crippen molar-refractivity contribution in [2.45, 2.75) is 32.6 Å². The molecule has 2 aromatic carbocycles. The maximum Gasteiger partial charge on any atom is 0.354 e. The quantitative estimate of drug-likeness (QED) is 0.226. The Labute approximate surface area is 213 Å². The molecule has 0 atom stereocenters. The third kappa shape index (κ3) is 5.14. The van der Waals surface area contributed by atoms with Crippen molar-refractivity contribution in [1.29, 1.82) is 0 Å². The number of rotatable bonds is 10. The minimum absolute atomic E-state index is 0.0741. The third-order valence-corrected chi connectivity index (χ3v) is 6.72. The van der Waals surface area contributed by atoms with Crippen LogP contribution in [0.1, 0.15) is 41.4 Å². The van der Waals surface area contributed by atoms with E-state index in [1.807, 2.05) is 30.3 Å². The monoisotopic (exact) mass is 499 g/mol. The van der Waals surface area contributed by atoms with Gasteiger partial charge in [0.25, 0.3) is 0 Å². The number of nitrogens with zero attached hydrogens (tertiary/aromatic N) is 1. The summed E-state index contributed by atoms with van der Waals surface area (Å²) >= 11 is 0. The molecule has 2 aromatic heterocycles. The minimum atomic E-state index is -0.918. The van der Waals surface area contributed by atoms with E-state index in [2.05, 4.69) is 15.3 Å². The van der Waals surface area contributed by atoms with Crippen LogP contribution in [-0.2, 0) is 27.2 Å². The highest BCUT2D eigenvalue weighted by Crippen LogP contribution is 2.48. The van der Waals surface area contributed by atoms with E-state index in [1.165, 1.54) is 12.1 Å². The van der Waals surface area contributed by atoms with Crippen LogP contribution in [-0.4, -0.2) is 34.1 Å². The number of pyridine rings is 1. The Morgan fingerprint density at radius 2 is 1.59 bits per heavy atom. The Balaban J connectivity index is 1.24. The fraction of sp³-hybridized carbons (Fsp3) is 0.241. The number of anilines is 2. The van der Waals surface area contributed by atoms with E-state index in [0.29, 0.717) is 29.7 Å². The second-order valence-electron chi connectivity index (χ2n) is 9.25. The average molecular weight is 500 g/mol. The number of esters is 1. The van der Waals surface area contributed by atoms with E-state index in [0.717, 1.165) is 22.3 Å².